The number of benzene rings is 2. The lowest BCUT2D eigenvalue weighted by Crippen LogP contribution is -2.42. The zero-order chi connectivity index (χ0) is 20.2. The number of methoxy groups -OCH3 is 1. The van der Waals surface area contributed by atoms with E-state index in [1.807, 2.05) is 41.8 Å². The van der Waals surface area contributed by atoms with Gasteiger partial charge in [-0.15, -0.1) is 11.3 Å². The van der Waals surface area contributed by atoms with Crippen molar-refractivity contribution in [1.29, 1.82) is 0 Å². The summed E-state index contributed by atoms with van der Waals surface area (Å²) in [5.74, 6) is 0.231. The molecule has 0 radical (unpaired) electrons. The number of aromatic nitrogens is 1. The zero-order valence-electron chi connectivity index (χ0n) is 16.0. The largest absolute Gasteiger partial charge is 0.482 e. The number of carbonyl (C=O) groups excluding carboxylic acids is 2. The zero-order valence-corrected chi connectivity index (χ0v) is 16.8. The summed E-state index contributed by atoms with van der Waals surface area (Å²) in [6.07, 6.45) is 0.755. The first-order chi connectivity index (χ1) is 14.2. The van der Waals surface area contributed by atoms with Gasteiger partial charge in [-0.25, -0.2) is 4.98 Å². The van der Waals surface area contributed by atoms with Crippen LogP contribution in [0.4, 0.5) is 5.69 Å². The lowest BCUT2D eigenvalue weighted by Gasteiger charge is -2.29. The monoisotopic (exact) mass is 408 g/mol. The topological polar surface area (TPSA) is 68.7 Å². The second kappa shape index (κ2) is 8.55. The Balaban J connectivity index is 1.62. The van der Waals surface area contributed by atoms with E-state index in [1.165, 1.54) is 4.90 Å². The number of amides is 1. The van der Waals surface area contributed by atoms with Gasteiger partial charge in [0.05, 0.1) is 29.5 Å². The van der Waals surface area contributed by atoms with Crippen molar-refractivity contribution in [1.82, 2.24) is 4.98 Å². The summed E-state index contributed by atoms with van der Waals surface area (Å²) in [4.78, 5) is 31.3. The molecule has 7 heteroatoms. The minimum atomic E-state index is -0.238. The predicted molar refractivity (Wildman–Crippen MR) is 112 cm³/mol. The number of anilines is 1. The molecule has 1 aliphatic heterocycles. The number of carbonyl (C=O) groups is 2. The average Bonchev–Trinajstić information content (AvgIpc) is 3.23. The summed E-state index contributed by atoms with van der Waals surface area (Å²) >= 11 is 1.57. The Kier molecular flexibility index (Phi) is 5.69. The lowest BCUT2D eigenvalue weighted by atomic mass is 10.1. The summed E-state index contributed by atoms with van der Waals surface area (Å²) in [7, 11) is 1.67. The number of rotatable bonds is 7. The van der Waals surface area contributed by atoms with Gasteiger partial charge >= 0.3 is 0 Å². The molecule has 0 atom stereocenters. The third-order valence-electron chi connectivity index (χ3n) is 4.67. The Hall–Kier alpha value is -3.03. The van der Waals surface area contributed by atoms with E-state index in [0.29, 0.717) is 23.6 Å². The van der Waals surface area contributed by atoms with Crippen LogP contribution < -0.4 is 9.64 Å². The smallest absolute Gasteiger partial charge is 0.265 e. The molecule has 29 heavy (non-hydrogen) atoms. The number of ether oxygens (including phenoxy) is 2. The maximum absolute atomic E-state index is 12.7. The van der Waals surface area contributed by atoms with Gasteiger partial charge in [-0.2, -0.15) is 0 Å². The Morgan fingerprint density at radius 2 is 2.07 bits per heavy atom. The maximum Gasteiger partial charge on any atom is 0.265 e. The number of nitrogens with zero attached hydrogens (tertiary/aromatic N) is 2. The van der Waals surface area contributed by atoms with Crippen molar-refractivity contribution >= 4 is 28.7 Å². The standard InChI is InChI=1S/C22H20N2O4S/c1-27-10-9-21-23-17(14-29-21)16-7-8-20-18(11-16)24(22(26)13-28-20)12-19(25)15-5-3-2-4-6-15/h2-8,11,14H,9-10,12-13H2,1H3. The van der Waals surface area contributed by atoms with Crippen molar-refractivity contribution in [3.63, 3.8) is 0 Å². The quantitative estimate of drug-likeness (QED) is 0.559. The molecule has 2 aromatic carbocycles. The highest BCUT2D eigenvalue weighted by atomic mass is 32.1. The maximum atomic E-state index is 12.7. The first kappa shape index (κ1) is 19.3. The molecular formula is C22H20N2O4S. The van der Waals surface area contributed by atoms with Gasteiger partial charge in [0.15, 0.2) is 12.4 Å². The minimum Gasteiger partial charge on any atom is -0.482 e. The molecule has 0 saturated heterocycles. The highest BCUT2D eigenvalue weighted by molar-refractivity contribution is 7.09. The van der Waals surface area contributed by atoms with Gasteiger partial charge in [-0.05, 0) is 18.2 Å². The molecule has 1 aromatic heterocycles. The van der Waals surface area contributed by atoms with Crippen molar-refractivity contribution in [2.24, 2.45) is 0 Å². The van der Waals surface area contributed by atoms with Crippen LogP contribution in [0.3, 0.4) is 0 Å². The normalized spacial score (nSPS) is 13.1. The summed E-state index contributed by atoms with van der Waals surface area (Å²) in [6.45, 7) is 0.514. The van der Waals surface area contributed by atoms with Crippen LogP contribution in [0.2, 0.25) is 0 Å². The molecule has 4 rings (SSSR count). The molecule has 1 amide bonds. The summed E-state index contributed by atoms with van der Waals surface area (Å²) in [6, 6.07) is 14.6. The minimum absolute atomic E-state index is 0.0290. The Morgan fingerprint density at radius 3 is 2.86 bits per heavy atom. The van der Waals surface area contributed by atoms with Crippen LogP contribution in [-0.4, -0.2) is 43.5 Å². The average molecular weight is 408 g/mol. The van der Waals surface area contributed by atoms with Crippen LogP contribution in [-0.2, 0) is 16.0 Å². The molecular weight excluding hydrogens is 388 g/mol. The van der Waals surface area contributed by atoms with E-state index >= 15 is 0 Å². The lowest BCUT2D eigenvalue weighted by molar-refractivity contribution is -0.121. The van der Waals surface area contributed by atoms with Crippen LogP contribution in [0.25, 0.3) is 11.3 Å². The van der Waals surface area contributed by atoms with Gasteiger partial charge in [0.1, 0.15) is 5.75 Å². The van der Waals surface area contributed by atoms with Gasteiger partial charge in [0.2, 0.25) is 0 Å². The molecule has 2 heterocycles. The van der Waals surface area contributed by atoms with Crippen LogP contribution >= 0.6 is 11.3 Å². The molecule has 0 saturated carbocycles. The summed E-state index contributed by atoms with van der Waals surface area (Å²) in [5, 5.41) is 2.97. The Morgan fingerprint density at radius 1 is 1.24 bits per heavy atom. The van der Waals surface area contributed by atoms with E-state index in [4.69, 9.17) is 9.47 Å². The number of Topliss-reactive ketones (excluding diaryl/α,β-unsaturated/α-hetero) is 1. The summed E-state index contributed by atoms with van der Waals surface area (Å²) in [5.41, 5.74) is 2.87. The van der Waals surface area contributed by atoms with Gasteiger partial charge in [-0.3, -0.25) is 14.5 Å². The fourth-order valence-corrected chi connectivity index (χ4v) is 3.93. The Bertz CT molecular complexity index is 1030. The van der Waals surface area contributed by atoms with E-state index in [1.54, 1.807) is 30.6 Å². The van der Waals surface area contributed by atoms with Crippen molar-refractivity contribution in [2.45, 2.75) is 6.42 Å². The molecule has 0 spiro atoms. The molecule has 0 bridgehead atoms. The second-order valence-corrected chi connectivity index (χ2v) is 7.55. The third-order valence-corrected chi connectivity index (χ3v) is 5.58. The molecule has 6 nitrogen and oxygen atoms in total. The van der Waals surface area contributed by atoms with E-state index in [-0.39, 0.29) is 24.8 Å². The van der Waals surface area contributed by atoms with Crippen molar-refractivity contribution in [3.05, 3.63) is 64.5 Å². The van der Waals surface area contributed by atoms with Crippen LogP contribution in [0.15, 0.2) is 53.9 Å². The molecule has 0 aliphatic carbocycles. The van der Waals surface area contributed by atoms with E-state index < -0.39 is 0 Å². The van der Waals surface area contributed by atoms with Gasteiger partial charge < -0.3 is 9.47 Å². The predicted octanol–water partition coefficient (Wildman–Crippen LogP) is 3.61. The van der Waals surface area contributed by atoms with Gasteiger partial charge in [-0.1, -0.05) is 30.3 Å². The van der Waals surface area contributed by atoms with E-state index in [0.717, 1.165) is 22.7 Å². The number of thiazole rings is 1. The van der Waals surface area contributed by atoms with Gasteiger partial charge in [0.25, 0.3) is 5.91 Å². The highest BCUT2D eigenvalue weighted by Crippen LogP contribution is 2.36. The highest BCUT2D eigenvalue weighted by Gasteiger charge is 2.28. The van der Waals surface area contributed by atoms with Crippen molar-refractivity contribution < 1.29 is 19.1 Å². The molecule has 1 aliphatic rings. The number of hydrogen-bond acceptors (Lipinski definition) is 6. The van der Waals surface area contributed by atoms with Crippen LogP contribution in [0.5, 0.6) is 5.75 Å². The second-order valence-electron chi connectivity index (χ2n) is 6.61. The molecule has 148 valence electrons. The van der Waals surface area contributed by atoms with Crippen molar-refractivity contribution in [2.75, 3.05) is 31.8 Å². The Labute approximate surface area is 172 Å². The van der Waals surface area contributed by atoms with Crippen molar-refractivity contribution in [3.8, 4) is 17.0 Å². The third kappa shape index (κ3) is 4.21. The first-order valence-corrected chi connectivity index (χ1v) is 10.1. The molecule has 3 aromatic rings. The van der Waals surface area contributed by atoms with E-state index in [9.17, 15) is 9.59 Å². The molecule has 0 fully saturated rings. The number of hydrogen-bond donors (Lipinski definition) is 0. The summed E-state index contributed by atoms with van der Waals surface area (Å²) < 4.78 is 10.7. The van der Waals surface area contributed by atoms with Crippen LogP contribution in [0.1, 0.15) is 15.4 Å². The molecule has 0 N–H and O–H groups in total. The number of ketones is 1. The number of fused-ring (bicyclic) bond motifs is 1. The fraction of sp³-hybridized carbons (Fsp3) is 0.227. The molecule has 0 unspecified atom stereocenters. The van der Waals surface area contributed by atoms with Gasteiger partial charge in [0, 0.05) is 30.0 Å². The first-order valence-electron chi connectivity index (χ1n) is 9.25. The van der Waals surface area contributed by atoms with Crippen LogP contribution in [0, 0.1) is 0 Å². The van der Waals surface area contributed by atoms with E-state index in [2.05, 4.69) is 4.98 Å². The SMILES string of the molecule is COCCc1nc(-c2ccc3c(c2)N(CC(=O)c2ccccc2)C(=O)CO3)cs1. The fourth-order valence-electron chi connectivity index (χ4n) is 3.14.